The molecular formula is C12H13BrN2S. The first-order valence-corrected chi connectivity index (χ1v) is 6.68. The molecule has 0 amide bonds. The Labute approximate surface area is 108 Å². The predicted molar refractivity (Wildman–Crippen MR) is 73.1 cm³/mol. The molecule has 1 aromatic heterocycles. The zero-order valence-electron chi connectivity index (χ0n) is 9.25. The molecule has 0 aliphatic rings. The van der Waals surface area contributed by atoms with Crippen LogP contribution in [0.25, 0.3) is 0 Å². The minimum absolute atomic E-state index is 0.819. The van der Waals surface area contributed by atoms with Gasteiger partial charge in [-0.15, -0.1) is 11.3 Å². The maximum absolute atomic E-state index is 4.44. The second-order valence-corrected chi connectivity index (χ2v) is 5.76. The van der Waals surface area contributed by atoms with Crippen molar-refractivity contribution in [3.8, 4) is 0 Å². The van der Waals surface area contributed by atoms with Crippen LogP contribution in [0, 0.1) is 13.8 Å². The van der Waals surface area contributed by atoms with Gasteiger partial charge in [-0.25, -0.2) is 4.98 Å². The second-order valence-electron chi connectivity index (χ2n) is 3.64. The van der Waals surface area contributed by atoms with Crippen LogP contribution < -0.4 is 5.32 Å². The first-order valence-electron chi connectivity index (χ1n) is 5.07. The van der Waals surface area contributed by atoms with E-state index in [0.717, 1.165) is 21.8 Å². The summed E-state index contributed by atoms with van der Waals surface area (Å²) >= 11 is 5.13. The lowest BCUT2D eigenvalue weighted by Gasteiger charge is -2.02. The number of rotatable bonds is 3. The number of halogens is 1. The molecule has 0 spiro atoms. The molecule has 0 saturated carbocycles. The number of aryl methyl sites for hydroxylation is 2. The van der Waals surface area contributed by atoms with Crippen LogP contribution in [0.15, 0.2) is 28.7 Å². The molecule has 0 atom stereocenters. The molecule has 0 fully saturated rings. The number of aromatic nitrogens is 1. The largest absolute Gasteiger partial charge is 0.357 e. The van der Waals surface area contributed by atoms with E-state index in [4.69, 9.17) is 0 Å². The van der Waals surface area contributed by atoms with E-state index in [1.807, 2.05) is 6.92 Å². The van der Waals surface area contributed by atoms with Crippen molar-refractivity contribution in [2.75, 3.05) is 5.32 Å². The number of nitrogens with one attached hydrogen (secondary N) is 1. The second kappa shape index (κ2) is 4.97. The van der Waals surface area contributed by atoms with Gasteiger partial charge in [0.25, 0.3) is 0 Å². The molecular weight excluding hydrogens is 284 g/mol. The molecule has 0 radical (unpaired) electrons. The van der Waals surface area contributed by atoms with Gasteiger partial charge in [-0.2, -0.15) is 0 Å². The van der Waals surface area contributed by atoms with Crippen molar-refractivity contribution in [2.45, 2.75) is 20.4 Å². The van der Waals surface area contributed by atoms with Gasteiger partial charge in [0.05, 0.1) is 5.69 Å². The summed E-state index contributed by atoms with van der Waals surface area (Å²) in [5, 5.41) is 4.33. The Kier molecular flexibility index (Phi) is 3.61. The lowest BCUT2D eigenvalue weighted by Crippen LogP contribution is -1.98. The van der Waals surface area contributed by atoms with Crippen molar-refractivity contribution < 1.29 is 0 Å². The monoisotopic (exact) mass is 296 g/mol. The number of benzene rings is 1. The first-order chi connectivity index (χ1) is 7.65. The maximum atomic E-state index is 4.44. The summed E-state index contributed by atoms with van der Waals surface area (Å²) in [5.41, 5.74) is 2.37. The highest BCUT2D eigenvalue weighted by molar-refractivity contribution is 9.10. The minimum atomic E-state index is 0.819. The summed E-state index contributed by atoms with van der Waals surface area (Å²) in [6, 6.07) is 8.31. The standard InChI is InChI=1S/C12H13BrN2S/c1-8-9(2)16-12(15-8)14-7-10-3-5-11(13)6-4-10/h3-6H,7H2,1-2H3,(H,14,15). The van der Waals surface area contributed by atoms with Crippen LogP contribution in [-0.2, 0) is 6.54 Å². The molecule has 16 heavy (non-hydrogen) atoms. The lowest BCUT2D eigenvalue weighted by atomic mass is 10.2. The van der Waals surface area contributed by atoms with Gasteiger partial charge in [0, 0.05) is 15.9 Å². The molecule has 1 N–H and O–H groups in total. The van der Waals surface area contributed by atoms with Crippen LogP contribution in [0.3, 0.4) is 0 Å². The zero-order valence-corrected chi connectivity index (χ0v) is 11.7. The van der Waals surface area contributed by atoms with Crippen LogP contribution in [0.1, 0.15) is 16.1 Å². The van der Waals surface area contributed by atoms with Crippen LogP contribution in [0.2, 0.25) is 0 Å². The van der Waals surface area contributed by atoms with E-state index in [9.17, 15) is 0 Å². The smallest absolute Gasteiger partial charge is 0.183 e. The van der Waals surface area contributed by atoms with Crippen molar-refractivity contribution in [1.29, 1.82) is 0 Å². The van der Waals surface area contributed by atoms with Gasteiger partial charge >= 0.3 is 0 Å². The lowest BCUT2D eigenvalue weighted by molar-refractivity contribution is 1.12. The Morgan fingerprint density at radius 3 is 2.50 bits per heavy atom. The third kappa shape index (κ3) is 2.83. The average molecular weight is 297 g/mol. The normalized spacial score (nSPS) is 10.4. The van der Waals surface area contributed by atoms with E-state index >= 15 is 0 Å². The number of hydrogen-bond acceptors (Lipinski definition) is 3. The molecule has 2 aromatic rings. The number of anilines is 1. The van der Waals surface area contributed by atoms with Gasteiger partial charge in [0.1, 0.15) is 0 Å². The zero-order chi connectivity index (χ0) is 11.5. The highest BCUT2D eigenvalue weighted by Gasteiger charge is 2.02. The molecule has 1 aromatic carbocycles. The van der Waals surface area contributed by atoms with E-state index in [1.165, 1.54) is 10.4 Å². The average Bonchev–Trinajstić information content (AvgIpc) is 2.58. The molecule has 2 rings (SSSR count). The highest BCUT2D eigenvalue weighted by Crippen LogP contribution is 2.21. The number of thiazole rings is 1. The number of nitrogens with zero attached hydrogens (tertiary/aromatic N) is 1. The van der Waals surface area contributed by atoms with E-state index in [2.05, 4.69) is 57.4 Å². The molecule has 0 unspecified atom stereocenters. The van der Waals surface area contributed by atoms with Gasteiger partial charge in [0.15, 0.2) is 5.13 Å². The van der Waals surface area contributed by atoms with E-state index < -0.39 is 0 Å². The van der Waals surface area contributed by atoms with Crippen molar-refractivity contribution in [3.05, 3.63) is 44.9 Å². The third-order valence-electron chi connectivity index (χ3n) is 2.39. The summed E-state index contributed by atoms with van der Waals surface area (Å²) in [7, 11) is 0. The fourth-order valence-electron chi connectivity index (χ4n) is 1.33. The summed E-state index contributed by atoms with van der Waals surface area (Å²) in [6.45, 7) is 4.95. The first kappa shape index (κ1) is 11.6. The van der Waals surface area contributed by atoms with Crippen LogP contribution in [0.5, 0.6) is 0 Å². The molecule has 0 saturated heterocycles. The SMILES string of the molecule is Cc1nc(NCc2ccc(Br)cc2)sc1C. The molecule has 2 nitrogen and oxygen atoms in total. The van der Waals surface area contributed by atoms with Gasteiger partial charge in [0.2, 0.25) is 0 Å². The van der Waals surface area contributed by atoms with Gasteiger partial charge in [-0.05, 0) is 31.5 Å². The van der Waals surface area contributed by atoms with Crippen LogP contribution in [0.4, 0.5) is 5.13 Å². The fourth-order valence-corrected chi connectivity index (χ4v) is 2.40. The van der Waals surface area contributed by atoms with Crippen molar-refractivity contribution in [3.63, 3.8) is 0 Å². The van der Waals surface area contributed by atoms with E-state index in [0.29, 0.717) is 0 Å². The molecule has 0 aliphatic carbocycles. The highest BCUT2D eigenvalue weighted by atomic mass is 79.9. The summed E-state index contributed by atoms with van der Waals surface area (Å²) in [5.74, 6) is 0. The molecule has 0 aliphatic heterocycles. The fraction of sp³-hybridized carbons (Fsp3) is 0.250. The Morgan fingerprint density at radius 2 is 1.94 bits per heavy atom. The van der Waals surface area contributed by atoms with E-state index in [1.54, 1.807) is 11.3 Å². The summed E-state index contributed by atoms with van der Waals surface area (Å²) in [4.78, 5) is 5.72. The van der Waals surface area contributed by atoms with Crippen molar-refractivity contribution in [2.24, 2.45) is 0 Å². The third-order valence-corrected chi connectivity index (χ3v) is 3.94. The summed E-state index contributed by atoms with van der Waals surface area (Å²) in [6.07, 6.45) is 0. The molecule has 0 bridgehead atoms. The minimum Gasteiger partial charge on any atom is -0.357 e. The Balaban J connectivity index is 1.99. The van der Waals surface area contributed by atoms with Gasteiger partial charge in [-0.1, -0.05) is 28.1 Å². The van der Waals surface area contributed by atoms with Gasteiger partial charge < -0.3 is 5.32 Å². The number of hydrogen-bond donors (Lipinski definition) is 1. The van der Waals surface area contributed by atoms with Crippen molar-refractivity contribution in [1.82, 2.24) is 4.98 Å². The topological polar surface area (TPSA) is 24.9 Å². The van der Waals surface area contributed by atoms with Crippen LogP contribution in [-0.4, -0.2) is 4.98 Å². The maximum Gasteiger partial charge on any atom is 0.183 e. The molecule has 84 valence electrons. The summed E-state index contributed by atoms with van der Waals surface area (Å²) < 4.78 is 1.11. The molecule has 4 heteroatoms. The quantitative estimate of drug-likeness (QED) is 0.921. The Bertz CT molecular complexity index is 457. The van der Waals surface area contributed by atoms with Crippen molar-refractivity contribution >= 4 is 32.4 Å². The van der Waals surface area contributed by atoms with Crippen LogP contribution >= 0.6 is 27.3 Å². The van der Waals surface area contributed by atoms with E-state index in [-0.39, 0.29) is 0 Å². The van der Waals surface area contributed by atoms with Gasteiger partial charge in [-0.3, -0.25) is 0 Å². The Morgan fingerprint density at radius 1 is 1.25 bits per heavy atom. The molecule has 1 heterocycles. The predicted octanol–water partition coefficient (Wildman–Crippen LogP) is 4.13. The Hall–Kier alpha value is -0.870.